The molecule has 59 heavy (non-hydrogen) atoms. The SMILES string of the molecule is c1ccc(-c2cc(-c3cccc(-c4cccc(-c5cc6ccccc6c6c5-c5ccccc5C6(c5ccccc5)c5ccccc5)c4)c3)cc(-c3ccccc3)n2)cc1. The summed E-state index contributed by atoms with van der Waals surface area (Å²) in [5, 5.41) is 2.51. The van der Waals surface area contributed by atoms with Crippen molar-refractivity contribution in [1.82, 2.24) is 4.98 Å². The lowest BCUT2D eigenvalue weighted by atomic mass is 9.66. The fourth-order valence-electron chi connectivity index (χ4n) is 9.51. The van der Waals surface area contributed by atoms with Gasteiger partial charge in [0.05, 0.1) is 16.8 Å². The molecule has 1 heteroatoms. The van der Waals surface area contributed by atoms with Gasteiger partial charge in [-0.05, 0) is 108 Å². The molecule has 0 saturated heterocycles. The first kappa shape index (κ1) is 34.6. The molecule has 9 aromatic carbocycles. The number of aromatic nitrogens is 1. The van der Waals surface area contributed by atoms with Crippen LogP contribution in [0.3, 0.4) is 0 Å². The minimum Gasteiger partial charge on any atom is -0.248 e. The van der Waals surface area contributed by atoms with Crippen molar-refractivity contribution in [2.45, 2.75) is 5.41 Å². The third kappa shape index (κ3) is 5.82. The number of hydrogen-bond donors (Lipinski definition) is 0. The van der Waals surface area contributed by atoms with E-state index in [2.05, 4.69) is 237 Å². The van der Waals surface area contributed by atoms with Crippen LogP contribution >= 0.6 is 0 Å². The smallest absolute Gasteiger partial charge is 0.0719 e. The second-order valence-electron chi connectivity index (χ2n) is 15.4. The third-order valence-electron chi connectivity index (χ3n) is 12.1. The van der Waals surface area contributed by atoms with Crippen LogP contribution in [0.5, 0.6) is 0 Å². The van der Waals surface area contributed by atoms with Crippen molar-refractivity contribution in [2.75, 3.05) is 0 Å². The maximum absolute atomic E-state index is 5.14. The van der Waals surface area contributed by atoms with Gasteiger partial charge in [-0.2, -0.15) is 0 Å². The molecular weight excluding hydrogens is 711 g/mol. The minimum absolute atomic E-state index is 0.502. The second kappa shape index (κ2) is 14.4. The van der Waals surface area contributed by atoms with Gasteiger partial charge in [0, 0.05) is 11.1 Å². The molecule has 1 aromatic heterocycles. The van der Waals surface area contributed by atoms with Crippen molar-refractivity contribution in [3.8, 4) is 67.0 Å². The van der Waals surface area contributed by atoms with Gasteiger partial charge >= 0.3 is 0 Å². The van der Waals surface area contributed by atoms with Gasteiger partial charge in [-0.1, -0.05) is 206 Å². The van der Waals surface area contributed by atoms with Gasteiger partial charge in [0.25, 0.3) is 0 Å². The predicted octanol–water partition coefficient (Wildman–Crippen LogP) is 14.9. The fourth-order valence-corrected chi connectivity index (χ4v) is 9.51. The van der Waals surface area contributed by atoms with E-state index < -0.39 is 5.41 Å². The molecule has 0 unspecified atom stereocenters. The molecule has 0 aliphatic heterocycles. The first-order valence-electron chi connectivity index (χ1n) is 20.4. The van der Waals surface area contributed by atoms with Gasteiger partial charge < -0.3 is 0 Å². The molecule has 0 spiro atoms. The summed E-state index contributed by atoms with van der Waals surface area (Å²) in [5.41, 5.74) is 18.5. The van der Waals surface area contributed by atoms with E-state index in [9.17, 15) is 0 Å². The molecule has 1 heterocycles. The zero-order valence-corrected chi connectivity index (χ0v) is 32.5. The Morgan fingerprint density at radius 1 is 0.305 bits per heavy atom. The molecule has 0 atom stereocenters. The Bertz CT molecular complexity index is 3030. The van der Waals surface area contributed by atoms with Crippen molar-refractivity contribution in [2.24, 2.45) is 0 Å². The van der Waals surface area contributed by atoms with Gasteiger partial charge in [0.15, 0.2) is 0 Å². The molecule has 0 bridgehead atoms. The summed E-state index contributed by atoms with van der Waals surface area (Å²) in [5.74, 6) is 0. The molecule has 276 valence electrons. The van der Waals surface area contributed by atoms with Gasteiger partial charge in [0.2, 0.25) is 0 Å². The summed E-state index contributed by atoms with van der Waals surface area (Å²) in [6.07, 6.45) is 0. The van der Waals surface area contributed by atoms with Crippen molar-refractivity contribution in [3.63, 3.8) is 0 Å². The van der Waals surface area contributed by atoms with E-state index in [1.54, 1.807) is 0 Å². The molecule has 10 aromatic rings. The van der Waals surface area contributed by atoms with Crippen molar-refractivity contribution in [3.05, 3.63) is 259 Å². The van der Waals surface area contributed by atoms with E-state index in [1.165, 1.54) is 66.4 Å². The van der Waals surface area contributed by atoms with Crippen LogP contribution in [0.4, 0.5) is 0 Å². The highest BCUT2D eigenvalue weighted by atomic mass is 14.7. The standard InChI is InChI=1S/C58H39N/c1-5-19-40(20-6-1)54-38-47(39-55(59-54)41-21-7-2-8-22-41)44-26-17-24-42(35-44)43-25-18-27-45(36-43)52-37-46-23-13-14-32-50(46)57-56(52)51-33-15-16-34-53(51)58(57,48-28-9-3-10-29-48)49-30-11-4-12-31-49/h1-39H. The summed E-state index contributed by atoms with van der Waals surface area (Å²) in [7, 11) is 0. The van der Waals surface area contributed by atoms with Crippen LogP contribution in [0.15, 0.2) is 237 Å². The first-order valence-corrected chi connectivity index (χ1v) is 20.4. The topological polar surface area (TPSA) is 12.9 Å². The number of pyridine rings is 1. The third-order valence-corrected chi connectivity index (χ3v) is 12.1. The van der Waals surface area contributed by atoms with Crippen LogP contribution in [0.25, 0.3) is 77.8 Å². The zero-order chi connectivity index (χ0) is 39.2. The lowest BCUT2D eigenvalue weighted by Gasteiger charge is -2.35. The van der Waals surface area contributed by atoms with E-state index in [0.717, 1.165) is 33.6 Å². The molecule has 1 aliphatic carbocycles. The molecule has 0 saturated carbocycles. The Morgan fingerprint density at radius 3 is 1.37 bits per heavy atom. The lowest BCUT2D eigenvalue weighted by Crippen LogP contribution is -2.28. The predicted molar refractivity (Wildman–Crippen MR) is 246 cm³/mol. The Balaban J connectivity index is 1.10. The highest BCUT2D eigenvalue weighted by Crippen LogP contribution is 2.60. The summed E-state index contributed by atoms with van der Waals surface area (Å²) in [6, 6.07) is 86.1. The average Bonchev–Trinajstić information content (AvgIpc) is 3.64. The lowest BCUT2D eigenvalue weighted by molar-refractivity contribution is 0.775. The average molecular weight is 750 g/mol. The molecule has 0 amide bonds. The first-order chi connectivity index (χ1) is 29.3. The summed E-state index contributed by atoms with van der Waals surface area (Å²) in [6.45, 7) is 0. The highest BCUT2D eigenvalue weighted by Gasteiger charge is 2.48. The van der Waals surface area contributed by atoms with Crippen molar-refractivity contribution in [1.29, 1.82) is 0 Å². The Hall–Kier alpha value is -7.61. The zero-order valence-electron chi connectivity index (χ0n) is 32.5. The largest absolute Gasteiger partial charge is 0.248 e. The van der Waals surface area contributed by atoms with Gasteiger partial charge in [0.1, 0.15) is 0 Å². The Kier molecular flexibility index (Phi) is 8.45. The monoisotopic (exact) mass is 749 g/mol. The maximum Gasteiger partial charge on any atom is 0.0719 e. The Morgan fingerprint density at radius 2 is 0.763 bits per heavy atom. The summed E-state index contributed by atoms with van der Waals surface area (Å²) >= 11 is 0. The van der Waals surface area contributed by atoms with Crippen LogP contribution in [-0.4, -0.2) is 4.98 Å². The molecule has 11 rings (SSSR count). The van der Waals surface area contributed by atoms with Crippen LogP contribution in [0.2, 0.25) is 0 Å². The number of nitrogens with zero attached hydrogens (tertiary/aromatic N) is 1. The van der Waals surface area contributed by atoms with Crippen molar-refractivity contribution < 1.29 is 0 Å². The fraction of sp³-hybridized carbons (Fsp3) is 0.0172. The number of benzene rings is 9. The summed E-state index contributed by atoms with van der Waals surface area (Å²) < 4.78 is 0. The molecule has 0 fully saturated rings. The van der Waals surface area contributed by atoms with Crippen LogP contribution in [0.1, 0.15) is 22.3 Å². The number of hydrogen-bond acceptors (Lipinski definition) is 1. The van der Waals surface area contributed by atoms with Gasteiger partial charge in [-0.25, -0.2) is 4.98 Å². The van der Waals surface area contributed by atoms with Crippen LogP contribution < -0.4 is 0 Å². The summed E-state index contributed by atoms with van der Waals surface area (Å²) in [4.78, 5) is 5.14. The van der Waals surface area contributed by atoms with E-state index in [1.807, 2.05) is 0 Å². The molecular formula is C58H39N. The number of rotatable bonds is 7. The van der Waals surface area contributed by atoms with Crippen molar-refractivity contribution >= 4 is 10.8 Å². The molecule has 1 aliphatic rings. The highest BCUT2D eigenvalue weighted by molar-refractivity contribution is 6.07. The van der Waals surface area contributed by atoms with Crippen LogP contribution in [-0.2, 0) is 5.41 Å². The normalized spacial score (nSPS) is 12.5. The van der Waals surface area contributed by atoms with E-state index in [-0.39, 0.29) is 0 Å². The van der Waals surface area contributed by atoms with E-state index in [4.69, 9.17) is 4.98 Å². The van der Waals surface area contributed by atoms with Crippen LogP contribution in [0, 0.1) is 0 Å². The Labute approximate surface area is 345 Å². The second-order valence-corrected chi connectivity index (χ2v) is 15.4. The van der Waals surface area contributed by atoms with E-state index >= 15 is 0 Å². The maximum atomic E-state index is 5.14. The number of fused-ring (bicyclic) bond motifs is 5. The molecule has 0 radical (unpaired) electrons. The van der Waals surface area contributed by atoms with E-state index in [0.29, 0.717) is 0 Å². The quantitative estimate of drug-likeness (QED) is 0.158. The van der Waals surface area contributed by atoms with Gasteiger partial charge in [-0.3, -0.25) is 0 Å². The molecule has 1 nitrogen and oxygen atoms in total. The van der Waals surface area contributed by atoms with Gasteiger partial charge in [-0.15, -0.1) is 0 Å². The molecule has 0 N–H and O–H groups in total. The minimum atomic E-state index is -0.502.